The molecule has 2 unspecified atom stereocenters. The lowest BCUT2D eigenvalue weighted by molar-refractivity contribution is -0.140. The highest BCUT2D eigenvalue weighted by Gasteiger charge is 2.33. The third-order valence-electron chi connectivity index (χ3n) is 4.47. The zero-order valence-electron chi connectivity index (χ0n) is 16.1. The van der Waals surface area contributed by atoms with E-state index in [0.717, 1.165) is 36.4 Å². The summed E-state index contributed by atoms with van der Waals surface area (Å²) in [5.74, 6) is 1.22. The Morgan fingerprint density at radius 2 is 2.11 bits per heavy atom. The van der Waals surface area contributed by atoms with Crippen LogP contribution in [0, 0.1) is 5.92 Å². The highest BCUT2D eigenvalue weighted by atomic mass is 127. The molecule has 10 heteroatoms. The van der Waals surface area contributed by atoms with Crippen LogP contribution in [0.5, 0.6) is 0 Å². The van der Waals surface area contributed by atoms with Gasteiger partial charge in [0.15, 0.2) is 11.7 Å². The SMILES string of the molecule is CCNC(=NCCc1nc(C(F)(F)F)cs1)NC1CN(C(C)C)CC1C.I. The second kappa shape index (κ2) is 10.8. The van der Waals surface area contributed by atoms with Gasteiger partial charge < -0.3 is 10.6 Å². The number of aliphatic imine (C=N–C) groups is 1. The maximum atomic E-state index is 12.6. The molecule has 0 spiro atoms. The molecule has 0 bridgehead atoms. The molecule has 0 aromatic carbocycles. The Balaban J connectivity index is 0.00000364. The minimum Gasteiger partial charge on any atom is -0.357 e. The van der Waals surface area contributed by atoms with Gasteiger partial charge in [-0.3, -0.25) is 9.89 Å². The van der Waals surface area contributed by atoms with E-state index in [0.29, 0.717) is 41.9 Å². The number of rotatable bonds is 6. The van der Waals surface area contributed by atoms with E-state index < -0.39 is 11.9 Å². The Morgan fingerprint density at radius 1 is 1.41 bits per heavy atom. The summed E-state index contributed by atoms with van der Waals surface area (Å²) in [5, 5.41) is 8.20. The van der Waals surface area contributed by atoms with Crippen molar-refractivity contribution in [3.05, 3.63) is 16.1 Å². The van der Waals surface area contributed by atoms with Gasteiger partial charge in [0.2, 0.25) is 0 Å². The normalized spacial score (nSPS) is 21.4. The van der Waals surface area contributed by atoms with Gasteiger partial charge >= 0.3 is 6.18 Å². The summed E-state index contributed by atoms with van der Waals surface area (Å²) in [4.78, 5) is 10.6. The van der Waals surface area contributed by atoms with Crippen molar-refractivity contribution >= 4 is 41.3 Å². The second-order valence-electron chi connectivity index (χ2n) is 6.91. The Hall–Kier alpha value is -0.620. The summed E-state index contributed by atoms with van der Waals surface area (Å²) >= 11 is 1.03. The van der Waals surface area contributed by atoms with Gasteiger partial charge in [-0.25, -0.2) is 4.98 Å². The zero-order chi connectivity index (χ0) is 19.3. The molecule has 2 heterocycles. The first-order valence-electron chi connectivity index (χ1n) is 9.01. The van der Waals surface area contributed by atoms with Crippen LogP contribution in [0.1, 0.15) is 38.4 Å². The van der Waals surface area contributed by atoms with Gasteiger partial charge in [-0.1, -0.05) is 6.92 Å². The van der Waals surface area contributed by atoms with Gasteiger partial charge in [0.25, 0.3) is 0 Å². The van der Waals surface area contributed by atoms with Crippen LogP contribution in [0.25, 0.3) is 0 Å². The van der Waals surface area contributed by atoms with Crippen LogP contribution < -0.4 is 10.6 Å². The maximum Gasteiger partial charge on any atom is 0.434 e. The van der Waals surface area contributed by atoms with Crippen LogP contribution in [-0.4, -0.2) is 54.1 Å². The van der Waals surface area contributed by atoms with Crippen LogP contribution in [0.15, 0.2) is 10.4 Å². The number of nitrogens with zero attached hydrogens (tertiary/aromatic N) is 3. The molecule has 2 atom stereocenters. The molecule has 0 aliphatic carbocycles. The first kappa shape index (κ1) is 24.4. The fraction of sp³-hybridized carbons (Fsp3) is 0.765. The van der Waals surface area contributed by atoms with Crippen LogP contribution >= 0.6 is 35.3 Å². The molecule has 0 amide bonds. The fourth-order valence-corrected chi connectivity index (χ4v) is 3.72. The van der Waals surface area contributed by atoms with Crippen molar-refractivity contribution in [1.82, 2.24) is 20.5 Å². The van der Waals surface area contributed by atoms with Crippen molar-refractivity contribution in [2.24, 2.45) is 10.9 Å². The lowest BCUT2D eigenvalue weighted by Gasteiger charge is -2.21. The molecule has 1 aromatic rings. The minimum absolute atomic E-state index is 0. The number of nitrogens with one attached hydrogen (secondary N) is 2. The second-order valence-corrected chi connectivity index (χ2v) is 7.85. The van der Waals surface area contributed by atoms with Gasteiger partial charge in [0.05, 0.1) is 5.01 Å². The number of likely N-dealkylation sites (tertiary alicyclic amines) is 1. The van der Waals surface area contributed by atoms with Crippen molar-refractivity contribution in [3.63, 3.8) is 0 Å². The van der Waals surface area contributed by atoms with E-state index in [4.69, 9.17) is 0 Å². The number of guanidine groups is 1. The summed E-state index contributed by atoms with van der Waals surface area (Å²) in [6.07, 6.45) is -3.98. The van der Waals surface area contributed by atoms with Crippen molar-refractivity contribution in [2.75, 3.05) is 26.2 Å². The maximum absolute atomic E-state index is 12.6. The molecule has 0 radical (unpaired) electrons. The number of alkyl halides is 3. The summed E-state index contributed by atoms with van der Waals surface area (Å²) in [5.41, 5.74) is -0.819. The predicted molar refractivity (Wildman–Crippen MR) is 115 cm³/mol. The van der Waals surface area contributed by atoms with Gasteiger partial charge in [-0.2, -0.15) is 13.2 Å². The van der Waals surface area contributed by atoms with E-state index in [-0.39, 0.29) is 24.0 Å². The number of hydrogen-bond donors (Lipinski definition) is 2. The highest BCUT2D eigenvalue weighted by Crippen LogP contribution is 2.30. The molecular formula is C17H29F3IN5S. The van der Waals surface area contributed by atoms with E-state index >= 15 is 0 Å². The van der Waals surface area contributed by atoms with Crippen molar-refractivity contribution < 1.29 is 13.2 Å². The van der Waals surface area contributed by atoms with Crippen LogP contribution in [0.2, 0.25) is 0 Å². The molecule has 2 N–H and O–H groups in total. The van der Waals surface area contributed by atoms with Gasteiger partial charge in [-0.05, 0) is 26.7 Å². The lowest BCUT2D eigenvalue weighted by Crippen LogP contribution is -2.46. The van der Waals surface area contributed by atoms with Gasteiger partial charge in [0, 0.05) is 50.1 Å². The molecule has 1 fully saturated rings. The lowest BCUT2D eigenvalue weighted by atomic mass is 10.1. The van der Waals surface area contributed by atoms with Crippen molar-refractivity contribution in [1.29, 1.82) is 0 Å². The van der Waals surface area contributed by atoms with Gasteiger partial charge in [-0.15, -0.1) is 35.3 Å². The monoisotopic (exact) mass is 519 g/mol. The smallest absolute Gasteiger partial charge is 0.357 e. The van der Waals surface area contributed by atoms with Crippen molar-refractivity contribution in [2.45, 2.75) is 52.4 Å². The van der Waals surface area contributed by atoms with E-state index in [2.05, 4.69) is 46.3 Å². The minimum atomic E-state index is -4.38. The molecule has 0 saturated carbocycles. The third kappa shape index (κ3) is 7.37. The first-order chi connectivity index (χ1) is 12.2. The summed E-state index contributed by atoms with van der Waals surface area (Å²) in [7, 11) is 0. The van der Waals surface area contributed by atoms with E-state index in [1.807, 2.05) is 6.92 Å². The average molecular weight is 519 g/mol. The molecule has 1 saturated heterocycles. The Kier molecular flexibility index (Phi) is 9.76. The Morgan fingerprint density at radius 3 is 2.63 bits per heavy atom. The molecule has 27 heavy (non-hydrogen) atoms. The molecule has 2 rings (SSSR count). The Labute approximate surface area is 180 Å². The number of halogens is 4. The predicted octanol–water partition coefficient (Wildman–Crippen LogP) is 3.61. The topological polar surface area (TPSA) is 52.6 Å². The standard InChI is InChI=1S/C17H28F3N5S.HI/c1-5-21-16(23-13-9-25(11(2)3)8-12(13)4)22-7-6-15-24-14(10-26-15)17(18,19)20;/h10-13H,5-9H2,1-4H3,(H2,21,22,23);1H. The Bertz CT molecular complexity index is 606. The fourth-order valence-electron chi connectivity index (χ4n) is 2.93. The van der Waals surface area contributed by atoms with E-state index in [9.17, 15) is 13.2 Å². The van der Waals surface area contributed by atoms with Crippen LogP contribution in [-0.2, 0) is 12.6 Å². The molecule has 1 aromatic heterocycles. The van der Waals surface area contributed by atoms with Crippen LogP contribution in [0.3, 0.4) is 0 Å². The summed E-state index contributed by atoms with van der Waals surface area (Å²) in [6, 6.07) is 0.823. The average Bonchev–Trinajstić information content (AvgIpc) is 3.15. The molecule has 156 valence electrons. The zero-order valence-corrected chi connectivity index (χ0v) is 19.3. The molecule has 5 nitrogen and oxygen atoms in total. The van der Waals surface area contributed by atoms with Crippen LogP contribution in [0.4, 0.5) is 13.2 Å². The first-order valence-corrected chi connectivity index (χ1v) is 9.89. The number of thiazole rings is 1. The third-order valence-corrected chi connectivity index (χ3v) is 5.38. The number of hydrogen-bond acceptors (Lipinski definition) is 4. The van der Waals surface area contributed by atoms with Gasteiger partial charge in [0.1, 0.15) is 0 Å². The summed E-state index contributed by atoms with van der Waals surface area (Å²) < 4.78 is 37.8. The molecular weight excluding hydrogens is 490 g/mol. The highest BCUT2D eigenvalue weighted by molar-refractivity contribution is 14.0. The quantitative estimate of drug-likeness (QED) is 0.343. The number of aromatic nitrogens is 1. The molecule has 1 aliphatic heterocycles. The van der Waals surface area contributed by atoms with Crippen molar-refractivity contribution in [3.8, 4) is 0 Å². The largest absolute Gasteiger partial charge is 0.434 e. The molecule has 1 aliphatic rings. The van der Waals surface area contributed by atoms with E-state index in [1.54, 1.807) is 0 Å². The van der Waals surface area contributed by atoms with E-state index in [1.165, 1.54) is 0 Å². The summed E-state index contributed by atoms with van der Waals surface area (Å²) in [6.45, 7) is 11.7.